The van der Waals surface area contributed by atoms with Gasteiger partial charge in [0.2, 0.25) is 5.95 Å². The molecule has 0 radical (unpaired) electrons. The topological polar surface area (TPSA) is 50.3 Å². The summed E-state index contributed by atoms with van der Waals surface area (Å²) in [6.07, 6.45) is -3.74. The molecule has 1 heterocycles. The number of hydrogen-bond acceptors (Lipinski definition) is 5. The summed E-state index contributed by atoms with van der Waals surface area (Å²) < 4.78 is 47.2. The van der Waals surface area contributed by atoms with Crippen molar-refractivity contribution in [3.8, 4) is 5.75 Å². The number of nitrogens with one attached hydrogen (secondary N) is 1. The lowest BCUT2D eigenvalue weighted by Crippen LogP contribution is -2.19. The molecule has 0 aliphatic carbocycles. The van der Waals surface area contributed by atoms with E-state index in [9.17, 15) is 13.2 Å². The van der Waals surface area contributed by atoms with Gasteiger partial charge in [0.15, 0.2) is 5.82 Å². The summed E-state index contributed by atoms with van der Waals surface area (Å²) >= 11 is 2.14. The lowest BCUT2D eigenvalue weighted by molar-refractivity contribution is -0.137. The molecule has 0 unspecified atom stereocenters. The van der Waals surface area contributed by atoms with E-state index < -0.39 is 11.7 Å². The van der Waals surface area contributed by atoms with Crippen molar-refractivity contribution in [2.24, 2.45) is 0 Å². The number of rotatable bonds is 6. The van der Waals surface area contributed by atoms with Crippen LogP contribution in [0, 0.1) is 3.57 Å². The van der Waals surface area contributed by atoms with Gasteiger partial charge in [0.25, 0.3) is 0 Å². The molecule has 0 spiro atoms. The summed E-state index contributed by atoms with van der Waals surface area (Å²) in [5, 5.41) is 2.95. The van der Waals surface area contributed by atoms with E-state index in [-0.39, 0.29) is 17.9 Å². The fourth-order valence-electron chi connectivity index (χ4n) is 2.69. The molecule has 158 valence electrons. The minimum Gasteiger partial charge on any atom is -0.491 e. The molecule has 3 aromatic rings. The van der Waals surface area contributed by atoms with Gasteiger partial charge in [0.1, 0.15) is 11.3 Å². The molecule has 0 fully saturated rings. The summed E-state index contributed by atoms with van der Waals surface area (Å²) in [6.45, 7) is 3.85. The molecule has 1 N–H and O–H groups in total. The summed E-state index contributed by atoms with van der Waals surface area (Å²) in [6, 6.07) is 14.2. The number of anilines is 4. The highest BCUT2D eigenvalue weighted by molar-refractivity contribution is 14.1. The third-order valence-corrected chi connectivity index (χ3v) is 4.81. The molecule has 0 amide bonds. The predicted octanol–water partition coefficient (Wildman–Crippen LogP) is 6.40. The molecular weight excluding hydrogens is 508 g/mol. The number of hydrogen-bond donors (Lipinski definition) is 1. The van der Waals surface area contributed by atoms with Crippen molar-refractivity contribution in [2.75, 3.05) is 17.3 Å². The van der Waals surface area contributed by atoms with Crippen molar-refractivity contribution < 1.29 is 17.9 Å². The summed E-state index contributed by atoms with van der Waals surface area (Å²) in [5.74, 6) is 0.525. The maximum absolute atomic E-state index is 13.6. The van der Waals surface area contributed by atoms with Gasteiger partial charge >= 0.3 is 6.18 Å². The van der Waals surface area contributed by atoms with E-state index in [1.165, 1.54) is 4.90 Å². The van der Waals surface area contributed by atoms with Crippen LogP contribution in [0.3, 0.4) is 0 Å². The summed E-state index contributed by atoms with van der Waals surface area (Å²) in [5.41, 5.74) is 0.310. The fraction of sp³-hybridized carbons (Fsp3) is 0.238. The van der Waals surface area contributed by atoms with E-state index in [4.69, 9.17) is 4.74 Å². The van der Waals surface area contributed by atoms with Crippen LogP contribution in [-0.4, -0.2) is 23.1 Å². The highest BCUT2D eigenvalue weighted by Crippen LogP contribution is 2.37. The SMILES string of the molecule is CC(C)Oc1ccc(Nc2ncc(C(F)(F)F)c(N(C)c3ccc(I)cc3)n2)cc1. The van der Waals surface area contributed by atoms with Crippen molar-refractivity contribution in [3.05, 3.63) is 63.9 Å². The lowest BCUT2D eigenvalue weighted by Gasteiger charge is -2.23. The Kier molecular flexibility index (Phi) is 6.69. The zero-order chi connectivity index (χ0) is 21.9. The zero-order valence-corrected chi connectivity index (χ0v) is 18.7. The molecule has 0 atom stereocenters. The van der Waals surface area contributed by atoms with Crippen LogP contribution in [0.25, 0.3) is 0 Å². The van der Waals surface area contributed by atoms with Crippen LogP contribution in [0.5, 0.6) is 5.75 Å². The van der Waals surface area contributed by atoms with Crippen molar-refractivity contribution >= 4 is 45.7 Å². The molecule has 0 saturated carbocycles. The molecule has 0 bridgehead atoms. The first-order chi connectivity index (χ1) is 14.1. The van der Waals surface area contributed by atoms with Gasteiger partial charge in [-0.2, -0.15) is 18.2 Å². The Balaban J connectivity index is 1.91. The van der Waals surface area contributed by atoms with E-state index in [0.717, 1.165) is 9.77 Å². The number of alkyl halides is 3. The molecule has 0 aliphatic rings. The molecule has 30 heavy (non-hydrogen) atoms. The second-order valence-electron chi connectivity index (χ2n) is 6.78. The monoisotopic (exact) mass is 528 g/mol. The summed E-state index contributed by atoms with van der Waals surface area (Å²) in [7, 11) is 1.54. The van der Waals surface area contributed by atoms with E-state index in [2.05, 4.69) is 37.9 Å². The van der Waals surface area contributed by atoms with Crippen LogP contribution in [0.1, 0.15) is 19.4 Å². The van der Waals surface area contributed by atoms with E-state index in [1.807, 2.05) is 26.0 Å². The average Bonchev–Trinajstić information content (AvgIpc) is 2.68. The third-order valence-electron chi connectivity index (χ3n) is 4.09. The average molecular weight is 528 g/mol. The molecule has 0 aliphatic heterocycles. The Labute approximate surface area is 186 Å². The van der Waals surface area contributed by atoms with Gasteiger partial charge < -0.3 is 15.0 Å². The Bertz CT molecular complexity index is 993. The minimum absolute atomic E-state index is 0.0430. The van der Waals surface area contributed by atoms with Gasteiger partial charge in [-0.25, -0.2) is 4.98 Å². The van der Waals surface area contributed by atoms with Gasteiger partial charge in [0.05, 0.1) is 6.10 Å². The smallest absolute Gasteiger partial charge is 0.421 e. The molecular formula is C21H20F3IN4O. The molecule has 9 heteroatoms. The second-order valence-corrected chi connectivity index (χ2v) is 8.03. The van der Waals surface area contributed by atoms with Crippen molar-refractivity contribution in [1.29, 1.82) is 0 Å². The Morgan fingerprint density at radius 2 is 1.67 bits per heavy atom. The number of benzene rings is 2. The molecule has 3 rings (SSSR count). The highest BCUT2D eigenvalue weighted by Gasteiger charge is 2.36. The van der Waals surface area contributed by atoms with Crippen molar-refractivity contribution in [3.63, 3.8) is 0 Å². The van der Waals surface area contributed by atoms with E-state index in [0.29, 0.717) is 17.1 Å². The van der Waals surface area contributed by atoms with E-state index in [1.54, 1.807) is 43.4 Å². The van der Waals surface area contributed by atoms with Crippen molar-refractivity contribution in [1.82, 2.24) is 9.97 Å². The maximum atomic E-state index is 13.6. The van der Waals surface area contributed by atoms with Gasteiger partial charge in [0, 0.05) is 28.2 Å². The third kappa shape index (κ3) is 5.53. The zero-order valence-electron chi connectivity index (χ0n) is 16.5. The number of nitrogens with zero attached hydrogens (tertiary/aromatic N) is 3. The standard InChI is InChI=1S/C21H20F3IN4O/c1-13(2)30-17-10-6-15(7-11-17)27-20-26-12-18(21(22,23)24)19(28-20)29(3)16-8-4-14(25)5-9-16/h4-13H,1-3H3,(H,26,27,28). The first-order valence-electron chi connectivity index (χ1n) is 9.11. The Hall–Kier alpha value is -2.56. The molecule has 1 aromatic heterocycles. The lowest BCUT2D eigenvalue weighted by atomic mass is 10.2. The van der Waals surface area contributed by atoms with Crippen LogP contribution in [0.2, 0.25) is 0 Å². The number of halogens is 4. The largest absolute Gasteiger partial charge is 0.491 e. The Morgan fingerprint density at radius 3 is 2.23 bits per heavy atom. The maximum Gasteiger partial charge on any atom is 0.421 e. The second kappa shape index (κ2) is 9.07. The first-order valence-corrected chi connectivity index (χ1v) is 10.2. The number of ether oxygens (including phenoxy) is 1. The van der Waals surface area contributed by atoms with Crippen molar-refractivity contribution in [2.45, 2.75) is 26.1 Å². The van der Waals surface area contributed by atoms with Gasteiger partial charge in [-0.05, 0) is 85.0 Å². The van der Waals surface area contributed by atoms with Gasteiger partial charge in [-0.1, -0.05) is 0 Å². The predicted molar refractivity (Wildman–Crippen MR) is 120 cm³/mol. The quantitative estimate of drug-likeness (QED) is 0.376. The molecule has 0 saturated heterocycles. The molecule has 5 nitrogen and oxygen atoms in total. The first kappa shape index (κ1) is 22.1. The number of aromatic nitrogens is 2. The fourth-order valence-corrected chi connectivity index (χ4v) is 3.05. The van der Waals surface area contributed by atoms with E-state index >= 15 is 0 Å². The highest BCUT2D eigenvalue weighted by atomic mass is 127. The molecule has 2 aromatic carbocycles. The normalized spacial score (nSPS) is 11.5. The van der Waals surface area contributed by atoms with Crippen LogP contribution >= 0.6 is 22.6 Å². The van der Waals surface area contributed by atoms with Gasteiger partial charge in [-0.15, -0.1) is 0 Å². The van der Waals surface area contributed by atoms with Crippen LogP contribution in [-0.2, 0) is 6.18 Å². The van der Waals surface area contributed by atoms with Crippen LogP contribution < -0.4 is 15.0 Å². The summed E-state index contributed by atoms with van der Waals surface area (Å²) in [4.78, 5) is 9.41. The van der Waals surface area contributed by atoms with Crippen LogP contribution in [0.15, 0.2) is 54.7 Å². The van der Waals surface area contributed by atoms with Crippen LogP contribution in [0.4, 0.5) is 36.3 Å². The van der Waals surface area contributed by atoms with Gasteiger partial charge in [-0.3, -0.25) is 0 Å². The Morgan fingerprint density at radius 1 is 1.03 bits per heavy atom. The minimum atomic E-state index is -4.58.